The van der Waals surface area contributed by atoms with Crippen LogP contribution in [0.2, 0.25) is 0 Å². The summed E-state index contributed by atoms with van der Waals surface area (Å²) in [5, 5.41) is 4.54. The lowest BCUT2D eigenvalue weighted by molar-refractivity contribution is 1.14. The van der Waals surface area contributed by atoms with E-state index in [2.05, 4.69) is 35.4 Å². The van der Waals surface area contributed by atoms with Gasteiger partial charge in [0.25, 0.3) is 0 Å². The number of rotatable bonds is 3. The van der Waals surface area contributed by atoms with Crippen LogP contribution in [-0.4, -0.2) is 4.98 Å². The van der Waals surface area contributed by atoms with Crippen molar-refractivity contribution in [1.29, 1.82) is 0 Å². The van der Waals surface area contributed by atoms with E-state index in [0.717, 1.165) is 28.7 Å². The molecule has 1 heterocycles. The minimum Gasteiger partial charge on any atom is -0.397 e. The molecule has 0 bridgehead atoms. The van der Waals surface area contributed by atoms with Crippen LogP contribution in [0.15, 0.2) is 54.7 Å². The predicted octanol–water partition coefficient (Wildman–Crippen LogP) is 4.12. The van der Waals surface area contributed by atoms with Crippen molar-refractivity contribution in [1.82, 2.24) is 4.98 Å². The highest BCUT2D eigenvalue weighted by atomic mass is 14.9. The van der Waals surface area contributed by atoms with Crippen LogP contribution in [0.1, 0.15) is 12.5 Å². The highest BCUT2D eigenvalue weighted by Gasteiger charge is 2.06. The molecule has 0 saturated heterocycles. The quantitative estimate of drug-likeness (QED) is 0.699. The molecule has 0 radical (unpaired) electrons. The van der Waals surface area contributed by atoms with Crippen molar-refractivity contribution in [2.75, 3.05) is 11.1 Å². The summed E-state index contributed by atoms with van der Waals surface area (Å²) in [6.45, 7) is 2.16. The molecule has 0 fully saturated rings. The van der Waals surface area contributed by atoms with E-state index < -0.39 is 0 Å². The van der Waals surface area contributed by atoms with E-state index in [9.17, 15) is 0 Å². The zero-order valence-electron chi connectivity index (χ0n) is 11.4. The summed E-state index contributed by atoms with van der Waals surface area (Å²) in [5.74, 6) is 0. The van der Waals surface area contributed by atoms with Gasteiger partial charge in [-0.25, -0.2) is 0 Å². The fraction of sp³-hybridized carbons (Fsp3) is 0.118. The Hall–Kier alpha value is -2.55. The first kappa shape index (κ1) is 12.5. The maximum atomic E-state index is 5.98. The van der Waals surface area contributed by atoms with E-state index in [4.69, 9.17) is 5.73 Å². The van der Waals surface area contributed by atoms with Gasteiger partial charge >= 0.3 is 0 Å². The molecule has 0 atom stereocenters. The third-order valence-electron chi connectivity index (χ3n) is 3.47. The van der Waals surface area contributed by atoms with Crippen LogP contribution in [0.3, 0.4) is 0 Å². The van der Waals surface area contributed by atoms with E-state index in [1.165, 1.54) is 5.56 Å². The molecule has 1 aromatic heterocycles. The van der Waals surface area contributed by atoms with Gasteiger partial charge < -0.3 is 11.1 Å². The van der Waals surface area contributed by atoms with Gasteiger partial charge in [-0.3, -0.25) is 4.98 Å². The number of hydrogen-bond acceptors (Lipinski definition) is 3. The largest absolute Gasteiger partial charge is 0.397 e. The predicted molar refractivity (Wildman–Crippen MR) is 85.3 cm³/mol. The van der Waals surface area contributed by atoms with Crippen molar-refractivity contribution in [2.45, 2.75) is 13.3 Å². The van der Waals surface area contributed by atoms with Gasteiger partial charge in [0, 0.05) is 23.0 Å². The van der Waals surface area contributed by atoms with Crippen LogP contribution in [0.5, 0.6) is 0 Å². The summed E-state index contributed by atoms with van der Waals surface area (Å²) in [5.41, 5.74) is 11.0. The Morgan fingerprint density at radius 2 is 1.85 bits per heavy atom. The number of hydrogen-bond donors (Lipinski definition) is 2. The number of pyridine rings is 1. The molecular weight excluding hydrogens is 246 g/mol. The highest BCUT2D eigenvalue weighted by molar-refractivity contribution is 5.99. The average molecular weight is 263 g/mol. The van der Waals surface area contributed by atoms with Crippen LogP contribution in [0, 0.1) is 0 Å². The minimum absolute atomic E-state index is 0.704. The summed E-state index contributed by atoms with van der Waals surface area (Å²) in [6, 6.07) is 16.2. The van der Waals surface area contributed by atoms with Crippen LogP contribution < -0.4 is 11.1 Å². The number of aromatic nitrogens is 1. The third kappa shape index (κ3) is 2.18. The first-order chi connectivity index (χ1) is 9.79. The topological polar surface area (TPSA) is 50.9 Å². The fourth-order valence-electron chi connectivity index (χ4n) is 2.40. The highest BCUT2D eigenvalue weighted by Crippen LogP contribution is 2.30. The van der Waals surface area contributed by atoms with Crippen LogP contribution in [0.4, 0.5) is 17.1 Å². The van der Waals surface area contributed by atoms with Crippen LogP contribution in [-0.2, 0) is 6.42 Å². The third-order valence-corrected chi connectivity index (χ3v) is 3.47. The molecule has 2 aromatic carbocycles. The number of benzene rings is 2. The molecule has 0 amide bonds. The first-order valence-electron chi connectivity index (χ1n) is 6.77. The second-order valence-corrected chi connectivity index (χ2v) is 4.74. The number of nitrogens with two attached hydrogens (primary N) is 1. The van der Waals surface area contributed by atoms with Crippen molar-refractivity contribution in [3.8, 4) is 0 Å². The summed E-state index contributed by atoms with van der Waals surface area (Å²) in [6.07, 6.45) is 2.76. The lowest BCUT2D eigenvalue weighted by atomic mass is 10.1. The van der Waals surface area contributed by atoms with E-state index >= 15 is 0 Å². The molecule has 0 aliphatic carbocycles. The number of nitrogen functional groups attached to an aromatic ring is 1. The van der Waals surface area contributed by atoms with Gasteiger partial charge in [0.1, 0.15) is 0 Å². The monoisotopic (exact) mass is 263 g/mol. The van der Waals surface area contributed by atoms with Crippen molar-refractivity contribution in [3.63, 3.8) is 0 Å². The number of nitrogens with zero attached hydrogens (tertiary/aromatic N) is 1. The van der Waals surface area contributed by atoms with Gasteiger partial charge in [-0.2, -0.15) is 0 Å². The standard InChI is InChI=1S/C17H17N3/c1-2-12-6-3-4-8-15(12)20-16-10-9-14(18)17-13(16)7-5-11-19-17/h3-11,20H,2,18H2,1H3. The molecule has 3 heteroatoms. The fourth-order valence-corrected chi connectivity index (χ4v) is 2.40. The molecule has 0 unspecified atom stereocenters. The van der Waals surface area contributed by atoms with Crippen molar-refractivity contribution < 1.29 is 0 Å². The number of aryl methyl sites for hydroxylation is 1. The first-order valence-corrected chi connectivity index (χ1v) is 6.77. The zero-order valence-corrected chi connectivity index (χ0v) is 11.4. The number of anilines is 3. The van der Waals surface area contributed by atoms with Gasteiger partial charge in [0.05, 0.1) is 11.2 Å². The second-order valence-electron chi connectivity index (χ2n) is 4.74. The molecule has 100 valence electrons. The van der Waals surface area contributed by atoms with Crippen LogP contribution >= 0.6 is 0 Å². The lowest BCUT2D eigenvalue weighted by Crippen LogP contribution is -1.98. The van der Waals surface area contributed by atoms with Crippen molar-refractivity contribution in [2.24, 2.45) is 0 Å². The smallest absolute Gasteiger partial charge is 0.0951 e. The summed E-state index contributed by atoms with van der Waals surface area (Å²) < 4.78 is 0. The number of para-hydroxylation sites is 1. The van der Waals surface area contributed by atoms with Gasteiger partial charge in [-0.05, 0) is 42.3 Å². The zero-order chi connectivity index (χ0) is 13.9. The Morgan fingerprint density at radius 3 is 2.70 bits per heavy atom. The molecule has 3 aromatic rings. The second kappa shape index (κ2) is 5.21. The maximum Gasteiger partial charge on any atom is 0.0951 e. The summed E-state index contributed by atoms with van der Waals surface area (Å²) in [4.78, 5) is 4.36. The van der Waals surface area contributed by atoms with E-state index in [0.29, 0.717) is 5.69 Å². The SMILES string of the molecule is CCc1ccccc1Nc1ccc(N)c2ncccc12. The number of fused-ring (bicyclic) bond motifs is 1. The molecule has 0 aliphatic heterocycles. The van der Waals surface area contributed by atoms with E-state index in [1.54, 1.807) is 6.20 Å². The lowest BCUT2D eigenvalue weighted by Gasteiger charge is -2.13. The molecule has 0 aliphatic rings. The molecule has 3 nitrogen and oxygen atoms in total. The van der Waals surface area contributed by atoms with Crippen molar-refractivity contribution in [3.05, 3.63) is 60.3 Å². The van der Waals surface area contributed by atoms with Crippen molar-refractivity contribution >= 4 is 28.0 Å². The van der Waals surface area contributed by atoms with Gasteiger partial charge in [-0.15, -0.1) is 0 Å². The molecular formula is C17H17N3. The van der Waals surface area contributed by atoms with E-state index in [1.807, 2.05) is 30.3 Å². The molecule has 20 heavy (non-hydrogen) atoms. The molecule has 3 rings (SSSR count). The Balaban J connectivity index is 2.09. The summed E-state index contributed by atoms with van der Waals surface area (Å²) >= 11 is 0. The summed E-state index contributed by atoms with van der Waals surface area (Å²) in [7, 11) is 0. The Kier molecular flexibility index (Phi) is 3.25. The molecule has 0 spiro atoms. The van der Waals surface area contributed by atoms with Gasteiger partial charge in [0.2, 0.25) is 0 Å². The normalized spacial score (nSPS) is 10.7. The van der Waals surface area contributed by atoms with E-state index in [-0.39, 0.29) is 0 Å². The number of nitrogens with one attached hydrogen (secondary N) is 1. The maximum absolute atomic E-state index is 5.98. The minimum atomic E-state index is 0.704. The van der Waals surface area contributed by atoms with Crippen LogP contribution in [0.25, 0.3) is 10.9 Å². The molecule has 0 saturated carbocycles. The van der Waals surface area contributed by atoms with Gasteiger partial charge in [-0.1, -0.05) is 25.1 Å². The average Bonchev–Trinajstić information content (AvgIpc) is 2.51. The Morgan fingerprint density at radius 1 is 1.00 bits per heavy atom. The Bertz CT molecular complexity index is 750. The molecule has 3 N–H and O–H groups in total. The van der Waals surface area contributed by atoms with Gasteiger partial charge in [0.15, 0.2) is 0 Å². The Labute approximate surface area is 118 Å².